The van der Waals surface area contributed by atoms with Crippen LogP contribution >= 0.6 is 0 Å². The van der Waals surface area contributed by atoms with E-state index in [1.165, 1.54) is 4.90 Å². The molecule has 1 heterocycles. The van der Waals surface area contributed by atoms with E-state index in [9.17, 15) is 9.90 Å². The Morgan fingerprint density at radius 1 is 1.05 bits per heavy atom. The van der Waals surface area contributed by atoms with Crippen molar-refractivity contribution in [2.24, 2.45) is 4.99 Å². The van der Waals surface area contributed by atoms with Gasteiger partial charge in [0, 0.05) is 18.2 Å². The standard InChI is InChI=1S/C17H14N2O2/c1-19-16(12-7-3-2-4-8-12)18-14(17(19)21)11-13-9-5-6-10-15(13)20/h2-11,20H,1H3/b14-11-. The van der Waals surface area contributed by atoms with Gasteiger partial charge in [0.25, 0.3) is 5.91 Å². The van der Waals surface area contributed by atoms with Crippen molar-refractivity contribution in [1.82, 2.24) is 4.90 Å². The Bertz CT molecular complexity index is 748. The highest BCUT2D eigenvalue weighted by Gasteiger charge is 2.27. The van der Waals surface area contributed by atoms with Gasteiger partial charge in [-0.3, -0.25) is 9.69 Å². The molecule has 3 rings (SSSR count). The molecule has 0 aliphatic carbocycles. The summed E-state index contributed by atoms with van der Waals surface area (Å²) in [6, 6.07) is 16.4. The number of phenols is 1. The molecule has 0 atom stereocenters. The summed E-state index contributed by atoms with van der Waals surface area (Å²) in [7, 11) is 1.69. The normalized spacial score (nSPS) is 16.4. The van der Waals surface area contributed by atoms with Gasteiger partial charge in [-0.1, -0.05) is 48.5 Å². The second kappa shape index (κ2) is 5.25. The van der Waals surface area contributed by atoms with Crippen LogP contribution in [0.2, 0.25) is 0 Å². The molecule has 0 saturated heterocycles. The van der Waals surface area contributed by atoms with Gasteiger partial charge in [-0.05, 0) is 12.1 Å². The van der Waals surface area contributed by atoms with Gasteiger partial charge in [0.2, 0.25) is 0 Å². The lowest BCUT2D eigenvalue weighted by molar-refractivity contribution is -0.121. The molecule has 104 valence electrons. The smallest absolute Gasteiger partial charge is 0.277 e. The molecule has 2 aromatic rings. The zero-order valence-electron chi connectivity index (χ0n) is 11.5. The quantitative estimate of drug-likeness (QED) is 0.859. The number of hydrogen-bond donors (Lipinski definition) is 1. The molecule has 4 nitrogen and oxygen atoms in total. The number of para-hydroxylation sites is 1. The molecule has 0 unspecified atom stereocenters. The SMILES string of the molecule is CN1C(=O)/C(=C/c2ccccc2O)N=C1c1ccccc1. The van der Waals surface area contributed by atoms with Crippen LogP contribution in [0.3, 0.4) is 0 Å². The number of nitrogens with zero attached hydrogens (tertiary/aromatic N) is 2. The van der Waals surface area contributed by atoms with Crippen molar-refractivity contribution < 1.29 is 9.90 Å². The molecular weight excluding hydrogens is 264 g/mol. The summed E-state index contributed by atoms with van der Waals surface area (Å²) in [5.41, 5.74) is 1.78. The maximum Gasteiger partial charge on any atom is 0.277 e. The Morgan fingerprint density at radius 2 is 1.71 bits per heavy atom. The first-order valence-corrected chi connectivity index (χ1v) is 6.58. The Labute approximate surface area is 122 Å². The lowest BCUT2D eigenvalue weighted by Gasteiger charge is -2.11. The third-order valence-electron chi connectivity index (χ3n) is 3.33. The molecule has 2 aromatic carbocycles. The summed E-state index contributed by atoms with van der Waals surface area (Å²) in [5, 5.41) is 9.79. The van der Waals surface area contributed by atoms with Gasteiger partial charge in [-0.15, -0.1) is 0 Å². The Hall–Kier alpha value is -2.88. The summed E-state index contributed by atoms with van der Waals surface area (Å²) in [6.45, 7) is 0. The minimum atomic E-state index is -0.183. The maximum absolute atomic E-state index is 12.3. The van der Waals surface area contributed by atoms with Crippen molar-refractivity contribution in [3.05, 3.63) is 71.4 Å². The number of hydrogen-bond acceptors (Lipinski definition) is 3. The average molecular weight is 278 g/mol. The number of rotatable bonds is 2. The van der Waals surface area contributed by atoms with Crippen molar-refractivity contribution in [1.29, 1.82) is 0 Å². The molecule has 1 N–H and O–H groups in total. The number of aromatic hydroxyl groups is 1. The van der Waals surface area contributed by atoms with E-state index in [-0.39, 0.29) is 11.7 Å². The highest BCUT2D eigenvalue weighted by Crippen LogP contribution is 2.24. The predicted molar refractivity (Wildman–Crippen MR) is 81.8 cm³/mol. The van der Waals surface area contributed by atoms with Gasteiger partial charge < -0.3 is 5.11 Å². The van der Waals surface area contributed by atoms with E-state index in [0.717, 1.165) is 5.56 Å². The van der Waals surface area contributed by atoms with Crippen molar-refractivity contribution in [3.63, 3.8) is 0 Å². The van der Waals surface area contributed by atoms with Crippen LogP contribution in [0.15, 0.2) is 65.3 Å². The number of likely N-dealkylation sites (N-methyl/N-ethyl adjacent to an activating group) is 1. The fourth-order valence-electron chi connectivity index (χ4n) is 2.20. The van der Waals surface area contributed by atoms with E-state index in [1.807, 2.05) is 30.3 Å². The molecule has 0 fully saturated rings. The Kier molecular flexibility index (Phi) is 3.28. The number of benzene rings is 2. The molecule has 1 aliphatic heterocycles. The van der Waals surface area contributed by atoms with Gasteiger partial charge >= 0.3 is 0 Å². The third kappa shape index (κ3) is 2.43. The molecule has 0 bridgehead atoms. The van der Waals surface area contributed by atoms with E-state index in [4.69, 9.17) is 0 Å². The van der Waals surface area contributed by atoms with E-state index < -0.39 is 0 Å². The summed E-state index contributed by atoms with van der Waals surface area (Å²) in [5.74, 6) is 0.559. The van der Waals surface area contributed by atoms with Crippen LogP contribution in [0, 0.1) is 0 Å². The van der Waals surface area contributed by atoms with Crippen molar-refractivity contribution in [3.8, 4) is 5.75 Å². The van der Waals surface area contributed by atoms with E-state index in [0.29, 0.717) is 17.1 Å². The van der Waals surface area contributed by atoms with Gasteiger partial charge in [0.15, 0.2) is 0 Å². The van der Waals surface area contributed by atoms with Crippen LogP contribution in [0.4, 0.5) is 0 Å². The number of amidine groups is 1. The summed E-state index contributed by atoms with van der Waals surface area (Å²) in [6.07, 6.45) is 1.60. The number of aliphatic imine (C=N–C) groups is 1. The zero-order chi connectivity index (χ0) is 14.8. The minimum absolute atomic E-state index is 0.129. The number of phenolic OH excluding ortho intramolecular Hbond substituents is 1. The summed E-state index contributed by atoms with van der Waals surface area (Å²) in [4.78, 5) is 18.2. The molecule has 0 aromatic heterocycles. The third-order valence-corrected chi connectivity index (χ3v) is 3.33. The van der Waals surface area contributed by atoms with Crippen molar-refractivity contribution in [2.45, 2.75) is 0 Å². The maximum atomic E-state index is 12.3. The van der Waals surface area contributed by atoms with Crippen LogP contribution in [0.5, 0.6) is 5.75 Å². The highest BCUT2D eigenvalue weighted by molar-refractivity contribution is 6.19. The fourth-order valence-corrected chi connectivity index (χ4v) is 2.20. The summed E-state index contributed by atoms with van der Waals surface area (Å²) < 4.78 is 0. The molecule has 0 radical (unpaired) electrons. The first kappa shape index (κ1) is 13.1. The molecule has 0 spiro atoms. The van der Waals surface area contributed by atoms with Gasteiger partial charge in [0.05, 0.1) is 0 Å². The summed E-state index contributed by atoms with van der Waals surface area (Å²) >= 11 is 0. The first-order chi connectivity index (χ1) is 10.2. The zero-order valence-corrected chi connectivity index (χ0v) is 11.5. The fraction of sp³-hybridized carbons (Fsp3) is 0.0588. The van der Waals surface area contributed by atoms with Crippen molar-refractivity contribution in [2.75, 3.05) is 7.05 Å². The second-order valence-electron chi connectivity index (χ2n) is 4.75. The van der Waals surface area contributed by atoms with E-state index >= 15 is 0 Å². The minimum Gasteiger partial charge on any atom is -0.507 e. The monoisotopic (exact) mass is 278 g/mol. The molecule has 21 heavy (non-hydrogen) atoms. The van der Waals surface area contributed by atoms with Crippen LogP contribution in [0.1, 0.15) is 11.1 Å². The largest absolute Gasteiger partial charge is 0.507 e. The lowest BCUT2D eigenvalue weighted by atomic mass is 10.1. The Balaban J connectivity index is 2.03. The van der Waals surface area contributed by atoms with Gasteiger partial charge in [0.1, 0.15) is 17.3 Å². The van der Waals surface area contributed by atoms with Gasteiger partial charge in [-0.2, -0.15) is 0 Å². The van der Waals surface area contributed by atoms with Gasteiger partial charge in [-0.25, -0.2) is 4.99 Å². The average Bonchev–Trinajstić information content (AvgIpc) is 2.79. The van der Waals surface area contributed by atoms with Crippen LogP contribution < -0.4 is 0 Å². The molecule has 4 heteroatoms. The second-order valence-corrected chi connectivity index (χ2v) is 4.75. The van der Waals surface area contributed by atoms with Crippen LogP contribution in [-0.2, 0) is 4.79 Å². The van der Waals surface area contributed by atoms with E-state index in [1.54, 1.807) is 37.4 Å². The van der Waals surface area contributed by atoms with Crippen LogP contribution in [-0.4, -0.2) is 28.8 Å². The first-order valence-electron chi connectivity index (χ1n) is 6.58. The van der Waals surface area contributed by atoms with E-state index in [2.05, 4.69) is 4.99 Å². The predicted octanol–water partition coefficient (Wildman–Crippen LogP) is 2.65. The highest BCUT2D eigenvalue weighted by atomic mass is 16.3. The molecule has 1 amide bonds. The lowest BCUT2D eigenvalue weighted by Crippen LogP contribution is -2.28. The van der Waals surface area contributed by atoms with Crippen molar-refractivity contribution >= 4 is 17.8 Å². The number of carbonyl (C=O) groups excluding carboxylic acids is 1. The molecule has 1 aliphatic rings. The Morgan fingerprint density at radius 3 is 2.43 bits per heavy atom. The molecule has 0 saturated carbocycles. The van der Waals surface area contributed by atoms with Crippen LogP contribution in [0.25, 0.3) is 6.08 Å². The number of carbonyl (C=O) groups is 1. The molecular formula is C17H14N2O2. The number of amides is 1. The topological polar surface area (TPSA) is 52.9 Å².